The minimum atomic E-state index is -3.58. The fourth-order valence-corrected chi connectivity index (χ4v) is 4.13. The number of carbonyl (C=O) groups is 1. The molecule has 1 aliphatic heterocycles. The second-order valence-electron chi connectivity index (χ2n) is 5.58. The van der Waals surface area contributed by atoms with Gasteiger partial charge in [0.25, 0.3) is 0 Å². The van der Waals surface area contributed by atoms with Crippen LogP contribution in [0.2, 0.25) is 5.02 Å². The molecule has 122 valence electrons. The summed E-state index contributed by atoms with van der Waals surface area (Å²) in [6.07, 6.45) is 0.589. The number of rotatable bonds is 4. The number of carbonyl (C=O) groups excluding carboxylic acids is 1. The minimum absolute atomic E-state index is 0.0349. The van der Waals surface area contributed by atoms with Crippen LogP contribution in [0.15, 0.2) is 29.2 Å². The Morgan fingerprint density at radius 3 is 2.77 bits per heavy atom. The lowest BCUT2D eigenvalue weighted by atomic mass is 10.3. The van der Waals surface area contributed by atoms with Crippen LogP contribution in [0.3, 0.4) is 0 Å². The fraction of sp³-hybridized carbons (Fsp3) is 0.500. The van der Waals surface area contributed by atoms with Crippen LogP contribution in [0.5, 0.6) is 0 Å². The first kappa shape index (κ1) is 17.1. The highest BCUT2D eigenvalue weighted by molar-refractivity contribution is 7.89. The number of urea groups is 1. The summed E-state index contributed by atoms with van der Waals surface area (Å²) in [5, 5.41) is 5.90. The molecule has 1 atom stereocenters. The minimum Gasteiger partial charge on any atom is -0.336 e. The van der Waals surface area contributed by atoms with Crippen molar-refractivity contribution in [3.05, 3.63) is 29.3 Å². The van der Waals surface area contributed by atoms with E-state index >= 15 is 0 Å². The Bertz CT molecular complexity index is 648. The van der Waals surface area contributed by atoms with Crippen molar-refractivity contribution >= 4 is 27.7 Å². The van der Waals surface area contributed by atoms with E-state index in [0.717, 1.165) is 0 Å². The van der Waals surface area contributed by atoms with E-state index in [1.807, 2.05) is 13.8 Å². The fourth-order valence-electron chi connectivity index (χ4n) is 2.33. The number of halogens is 1. The van der Waals surface area contributed by atoms with Crippen LogP contribution in [-0.2, 0) is 10.0 Å². The van der Waals surface area contributed by atoms with Crippen molar-refractivity contribution in [3.63, 3.8) is 0 Å². The highest BCUT2D eigenvalue weighted by Crippen LogP contribution is 2.23. The summed E-state index contributed by atoms with van der Waals surface area (Å²) in [6.45, 7) is 4.37. The van der Waals surface area contributed by atoms with E-state index in [1.165, 1.54) is 16.4 Å². The predicted octanol–water partition coefficient (Wildman–Crippen LogP) is 1.81. The Hall–Kier alpha value is -1.31. The molecule has 1 aliphatic rings. The quantitative estimate of drug-likeness (QED) is 0.873. The third kappa shape index (κ3) is 4.12. The topological polar surface area (TPSA) is 78.5 Å². The molecule has 8 heteroatoms. The van der Waals surface area contributed by atoms with Gasteiger partial charge in [-0.1, -0.05) is 17.7 Å². The van der Waals surface area contributed by atoms with E-state index in [1.54, 1.807) is 12.1 Å². The van der Waals surface area contributed by atoms with Crippen LogP contribution < -0.4 is 10.6 Å². The highest BCUT2D eigenvalue weighted by Gasteiger charge is 2.33. The smallest absolute Gasteiger partial charge is 0.315 e. The number of hydrogen-bond acceptors (Lipinski definition) is 3. The monoisotopic (exact) mass is 345 g/mol. The van der Waals surface area contributed by atoms with Gasteiger partial charge in [0.15, 0.2) is 0 Å². The zero-order valence-electron chi connectivity index (χ0n) is 12.5. The molecule has 1 aromatic carbocycles. The van der Waals surface area contributed by atoms with Crippen molar-refractivity contribution < 1.29 is 13.2 Å². The molecule has 0 aromatic heterocycles. The van der Waals surface area contributed by atoms with Crippen molar-refractivity contribution in [2.75, 3.05) is 13.1 Å². The molecule has 0 bridgehead atoms. The second-order valence-corrected chi connectivity index (χ2v) is 7.95. The number of sulfonamides is 1. The summed E-state index contributed by atoms with van der Waals surface area (Å²) in [4.78, 5) is 11.8. The first-order valence-corrected chi connectivity index (χ1v) is 8.93. The van der Waals surface area contributed by atoms with E-state index in [9.17, 15) is 13.2 Å². The molecular weight excluding hydrogens is 326 g/mol. The van der Waals surface area contributed by atoms with Crippen molar-refractivity contribution in [1.82, 2.24) is 14.9 Å². The number of benzene rings is 1. The molecule has 0 saturated carbocycles. The van der Waals surface area contributed by atoms with Crippen molar-refractivity contribution in [3.8, 4) is 0 Å². The molecule has 2 N–H and O–H groups in total. The lowest BCUT2D eigenvalue weighted by Crippen LogP contribution is -2.45. The van der Waals surface area contributed by atoms with Crippen molar-refractivity contribution in [2.24, 2.45) is 0 Å². The first-order chi connectivity index (χ1) is 10.3. The Kier molecular flexibility index (Phi) is 5.31. The molecule has 6 nitrogen and oxygen atoms in total. The molecule has 1 aromatic rings. The van der Waals surface area contributed by atoms with Gasteiger partial charge in [0.1, 0.15) is 0 Å². The van der Waals surface area contributed by atoms with Crippen LogP contribution in [-0.4, -0.2) is 43.9 Å². The summed E-state index contributed by atoms with van der Waals surface area (Å²) in [5.74, 6) is 0. The predicted molar refractivity (Wildman–Crippen MR) is 85.4 cm³/mol. The maximum atomic E-state index is 12.5. The van der Waals surface area contributed by atoms with E-state index in [2.05, 4.69) is 10.6 Å². The SMILES string of the molecule is CC(C)NC(=O)NC1CCN(S(=O)(=O)c2cccc(Cl)c2)C1. The molecular formula is C14H20ClN3O3S. The van der Waals surface area contributed by atoms with Gasteiger partial charge in [-0.2, -0.15) is 4.31 Å². The first-order valence-electron chi connectivity index (χ1n) is 7.12. The van der Waals surface area contributed by atoms with Gasteiger partial charge in [0.05, 0.1) is 4.90 Å². The van der Waals surface area contributed by atoms with E-state index in [4.69, 9.17) is 11.6 Å². The van der Waals surface area contributed by atoms with Gasteiger partial charge in [-0.25, -0.2) is 13.2 Å². The summed E-state index contributed by atoms with van der Waals surface area (Å²) >= 11 is 5.86. The van der Waals surface area contributed by atoms with Gasteiger partial charge in [-0.15, -0.1) is 0 Å². The van der Waals surface area contributed by atoms with Gasteiger partial charge >= 0.3 is 6.03 Å². The van der Waals surface area contributed by atoms with E-state index in [0.29, 0.717) is 18.0 Å². The Morgan fingerprint density at radius 2 is 2.14 bits per heavy atom. The summed E-state index contributed by atoms with van der Waals surface area (Å²) in [6, 6.07) is 5.76. The molecule has 0 spiro atoms. The second kappa shape index (κ2) is 6.85. The third-order valence-corrected chi connectivity index (χ3v) is 5.44. The molecule has 22 heavy (non-hydrogen) atoms. The maximum Gasteiger partial charge on any atom is 0.315 e. The zero-order valence-corrected chi connectivity index (χ0v) is 14.1. The van der Waals surface area contributed by atoms with E-state index < -0.39 is 10.0 Å². The normalized spacial score (nSPS) is 19.4. The number of nitrogens with one attached hydrogen (secondary N) is 2. The molecule has 1 heterocycles. The third-order valence-electron chi connectivity index (χ3n) is 3.34. The number of amides is 2. The van der Waals surface area contributed by atoms with Crippen LogP contribution in [0.25, 0.3) is 0 Å². The van der Waals surface area contributed by atoms with Crippen LogP contribution >= 0.6 is 11.6 Å². The highest BCUT2D eigenvalue weighted by atomic mass is 35.5. The van der Waals surface area contributed by atoms with E-state index in [-0.39, 0.29) is 29.6 Å². The number of nitrogens with zero attached hydrogens (tertiary/aromatic N) is 1. The molecule has 1 unspecified atom stereocenters. The molecule has 1 fully saturated rings. The largest absolute Gasteiger partial charge is 0.336 e. The lowest BCUT2D eigenvalue weighted by molar-refractivity contribution is 0.235. The van der Waals surface area contributed by atoms with Crippen LogP contribution in [0.4, 0.5) is 4.79 Å². The Morgan fingerprint density at radius 1 is 1.41 bits per heavy atom. The molecule has 2 rings (SSSR count). The van der Waals surface area contributed by atoms with Gasteiger partial charge in [-0.05, 0) is 38.5 Å². The average molecular weight is 346 g/mol. The zero-order chi connectivity index (χ0) is 16.3. The summed E-state index contributed by atoms with van der Waals surface area (Å²) < 4.78 is 26.4. The Balaban J connectivity index is 2.02. The molecule has 1 saturated heterocycles. The lowest BCUT2D eigenvalue weighted by Gasteiger charge is -2.18. The van der Waals surface area contributed by atoms with Crippen LogP contribution in [0.1, 0.15) is 20.3 Å². The summed E-state index contributed by atoms with van der Waals surface area (Å²) in [5.41, 5.74) is 0. The van der Waals surface area contributed by atoms with Crippen LogP contribution in [0, 0.1) is 0 Å². The molecule has 2 amide bonds. The average Bonchev–Trinajstić information content (AvgIpc) is 2.86. The van der Waals surface area contributed by atoms with Crippen molar-refractivity contribution in [1.29, 1.82) is 0 Å². The summed E-state index contributed by atoms with van der Waals surface area (Å²) in [7, 11) is -3.58. The number of hydrogen-bond donors (Lipinski definition) is 2. The maximum absolute atomic E-state index is 12.5. The molecule has 0 radical (unpaired) electrons. The van der Waals surface area contributed by atoms with Crippen molar-refractivity contribution in [2.45, 2.75) is 37.2 Å². The van der Waals surface area contributed by atoms with Gasteiger partial charge in [0.2, 0.25) is 10.0 Å². The Labute approximate surface area is 135 Å². The van der Waals surface area contributed by atoms with Gasteiger partial charge in [-0.3, -0.25) is 0 Å². The molecule has 0 aliphatic carbocycles. The van der Waals surface area contributed by atoms with Gasteiger partial charge < -0.3 is 10.6 Å². The van der Waals surface area contributed by atoms with Gasteiger partial charge in [0, 0.05) is 30.2 Å². The standard InChI is InChI=1S/C14H20ClN3O3S/c1-10(2)16-14(19)17-12-6-7-18(9-12)22(20,21)13-5-3-4-11(15)8-13/h3-5,8,10,12H,6-7,9H2,1-2H3,(H2,16,17,19).